The van der Waals surface area contributed by atoms with Crippen LogP contribution in [0.25, 0.3) is 11.3 Å². The average molecular weight is 323 g/mol. The molecule has 6 heteroatoms. The third-order valence-electron chi connectivity index (χ3n) is 2.87. The smallest absolute Gasteiger partial charge is 0.173 e. The Kier molecular flexibility index (Phi) is 3.82. The van der Waals surface area contributed by atoms with Crippen molar-refractivity contribution in [1.29, 1.82) is 0 Å². The van der Waals surface area contributed by atoms with Gasteiger partial charge < -0.3 is 4.74 Å². The van der Waals surface area contributed by atoms with Gasteiger partial charge in [-0.1, -0.05) is 29.3 Å². The van der Waals surface area contributed by atoms with E-state index >= 15 is 0 Å². The first-order valence-electron chi connectivity index (χ1n) is 6.06. The summed E-state index contributed by atoms with van der Waals surface area (Å²) in [7, 11) is 0. The zero-order valence-corrected chi connectivity index (χ0v) is 12.1. The highest BCUT2D eigenvalue weighted by atomic mass is 35.5. The molecular formula is C15H9Cl2FN2O. The van der Waals surface area contributed by atoms with Gasteiger partial charge in [0.25, 0.3) is 0 Å². The Bertz CT molecular complexity index is 772. The van der Waals surface area contributed by atoms with Crippen molar-refractivity contribution in [2.75, 3.05) is 0 Å². The highest BCUT2D eigenvalue weighted by Crippen LogP contribution is 2.34. The van der Waals surface area contributed by atoms with Crippen LogP contribution in [0.1, 0.15) is 0 Å². The lowest BCUT2D eigenvalue weighted by Crippen LogP contribution is -1.90. The maximum absolute atomic E-state index is 14.1. The summed E-state index contributed by atoms with van der Waals surface area (Å²) in [5.74, 6) is 0.451. The van der Waals surface area contributed by atoms with Crippen LogP contribution < -0.4 is 4.74 Å². The molecule has 21 heavy (non-hydrogen) atoms. The van der Waals surface area contributed by atoms with Crippen LogP contribution >= 0.6 is 23.2 Å². The van der Waals surface area contributed by atoms with E-state index in [4.69, 9.17) is 27.9 Å². The largest absolute Gasteiger partial charge is 0.453 e. The molecular weight excluding hydrogens is 314 g/mol. The van der Waals surface area contributed by atoms with Gasteiger partial charge in [0, 0.05) is 10.6 Å². The molecule has 0 atom stereocenters. The number of ether oxygens (including phenoxy) is 1. The first-order chi connectivity index (χ1) is 10.1. The van der Waals surface area contributed by atoms with Crippen molar-refractivity contribution in [2.45, 2.75) is 0 Å². The van der Waals surface area contributed by atoms with Crippen LogP contribution in [-0.4, -0.2) is 10.2 Å². The second-order valence-corrected chi connectivity index (χ2v) is 5.11. The van der Waals surface area contributed by atoms with Gasteiger partial charge >= 0.3 is 0 Å². The Balaban J connectivity index is 1.97. The van der Waals surface area contributed by atoms with E-state index < -0.39 is 5.82 Å². The summed E-state index contributed by atoms with van der Waals surface area (Å²) in [5.41, 5.74) is 0.717. The summed E-state index contributed by atoms with van der Waals surface area (Å²) in [6.45, 7) is 0. The van der Waals surface area contributed by atoms with Crippen LogP contribution in [0.2, 0.25) is 10.0 Å². The van der Waals surface area contributed by atoms with Gasteiger partial charge in [-0.15, -0.1) is 0 Å². The van der Waals surface area contributed by atoms with Crippen LogP contribution in [0, 0.1) is 5.82 Å². The number of H-pyrrole nitrogens is 1. The van der Waals surface area contributed by atoms with Crippen molar-refractivity contribution < 1.29 is 9.13 Å². The number of hydrogen-bond acceptors (Lipinski definition) is 2. The lowest BCUT2D eigenvalue weighted by Gasteiger charge is -2.07. The van der Waals surface area contributed by atoms with Crippen molar-refractivity contribution in [3.8, 4) is 22.8 Å². The molecule has 1 aromatic heterocycles. The molecule has 0 bridgehead atoms. The van der Waals surface area contributed by atoms with Crippen LogP contribution in [0.3, 0.4) is 0 Å². The standard InChI is InChI=1S/C15H9Cl2FN2O/c16-9-4-6-10(7-5-9)21-13-8-19-20-15(13)11-2-1-3-12(17)14(11)18/h1-8H,(H,19,20). The third kappa shape index (κ3) is 2.86. The predicted molar refractivity (Wildman–Crippen MR) is 80.5 cm³/mol. The van der Waals surface area contributed by atoms with E-state index in [-0.39, 0.29) is 5.02 Å². The maximum Gasteiger partial charge on any atom is 0.173 e. The molecule has 0 saturated heterocycles. The second kappa shape index (κ2) is 5.76. The fourth-order valence-electron chi connectivity index (χ4n) is 1.87. The number of rotatable bonds is 3. The van der Waals surface area contributed by atoms with Gasteiger partial charge in [0.15, 0.2) is 11.6 Å². The lowest BCUT2D eigenvalue weighted by molar-refractivity contribution is 0.484. The zero-order chi connectivity index (χ0) is 14.8. The van der Waals surface area contributed by atoms with Gasteiger partial charge in [-0.25, -0.2) is 4.39 Å². The average Bonchev–Trinajstić information content (AvgIpc) is 2.92. The van der Waals surface area contributed by atoms with Crippen LogP contribution in [0.4, 0.5) is 4.39 Å². The van der Waals surface area contributed by atoms with Crippen molar-refractivity contribution >= 4 is 23.2 Å². The highest BCUT2D eigenvalue weighted by molar-refractivity contribution is 6.31. The van der Waals surface area contributed by atoms with Crippen LogP contribution in [0.5, 0.6) is 11.5 Å². The SMILES string of the molecule is Fc1c(Cl)cccc1-c1[nH]ncc1Oc1ccc(Cl)cc1. The van der Waals surface area contributed by atoms with Crippen LogP contribution in [0.15, 0.2) is 48.7 Å². The summed E-state index contributed by atoms with van der Waals surface area (Å²) in [6.07, 6.45) is 1.48. The Morgan fingerprint density at radius 3 is 2.57 bits per heavy atom. The number of hydrogen-bond donors (Lipinski definition) is 1. The minimum Gasteiger partial charge on any atom is -0.453 e. The van der Waals surface area contributed by atoms with E-state index in [0.717, 1.165) is 0 Å². The monoisotopic (exact) mass is 322 g/mol. The molecule has 0 unspecified atom stereocenters. The second-order valence-electron chi connectivity index (χ2n) is 4.27. The highest BCUT2D eigenvalue weighted by Gasteiger charge is 2.15. The maximum atomic E-state index is 14.1. The fraction of sp³-hybridized carbons (Fsp3) is 0. The molecule has 0 aliphatic rings. The Morgan fingerprint density at radius 2 is 1.81 bits per heavy atom. The van der Waals surface area contributed by atoms with Crippen molar-refractivity contribution in [3.05, 3.63) is 64.5 Å². The first-order valence-corrected chi connectivity index (χ1v) is 6.82. The van der Waals surface area contributed by atoms with E-state index in [2.05, 4.69) is 10.2 Å². The minimum absolute atomic E-state index is 0.0412. The topological polar surface area (TPSA) is 37.9 Å². The fourth-order valence-corrected chi connectivity index (χ4v) is 2.17. The minimum atomic E-state index is -0.524. The van der Waals surface area contributed by atoms with E-state index in [0.29, 0.717) is 27.8 Å². The van der Waals surface area contributed by atoms with Crippen molar-refractivity contribution in [3.63, 3.8) is 0 Å². The first kappa shape index (κ1) is 13.9. The molecule has 3 nitrogen and oxygen atoms in total. The number of benzene rings is 2. The molecule has 0 radical (unpaired) electrons. The van der Waals surface area contributed by atoms with Gasteiger partial charge in [-0.05, 0) is 36.4 Å². The lowest BCUT2D eigenvalue weighted by atomic mass is 10.1. The molecule has 1 heterocycles. The van der Waals surface area contributed by atoms with Gasteiger partial charge in [0.1, 0.15) is 11.4 Å². The molecule has 3 aromatic rings. The molecule has 0 amide bonds. The van der Waals surface area contributed by atoms with E-state index in [1.54, 1.807) is 36.4 Å². The normalized spacial score (nSPS) is 10.6. The van der Waals surface area contributed by atoms with Gasteiger partial charge in [0.2, 0.25) is 0 Å². The van der Waals surface area contributed by atoms with E-state index in [1.807, 2.05) is 0 Å². The molecule has 3 rings (SSSR count). The number of aromatic nitrogens is 2. The Labute approximate surface area is 130 Å². The van der Waals surface area contributed by atoms with Gasteiger partial charge in [0.05, 0.1) is 11.2 Å². The quantitative estimate of drug-likeness (QED) is 0.709. The molecule has 0 spiro atoms. The van der Waals surface area contributed by atoms with E-state index in [1.165, 1.54) is 12.3 Å². The summed E-state index contributed by atoms with van der Waals surface area (Å²) in [5, 5.41) is 7.27. The van der Waals surface area contributed by atoms with Crippen molar-refractivity contribution in [2.24, 2.45) is 0 Å². The predicted octanol–water partition coefficient (Wildman–Crippen LogP) is 5.31. The summed E-state index contributed by atoms with van der Waals surface area (Å²) in [6, 6.07) is 11.6. The van der Waals surface area contributed by atoms with E-state index in [9.17, 15) is 4.39 Å². The Morgan fingerprint density at radius 1 is 1.05 bits per heavy atom. The molecule has 106 valence electrons. The van der Waals surface area contributed by atoms with Crippen molar-refractivity contribution in [1.82, 2.24) is 10.2 Å². The zero-order valence-electron chi connectivity index (χ0n) is 10.6. The number of halogens is 3. The van der Waals surface area contributed by atoms with Crippen LogP contribution in [-0.2, 0) is 0 Å². The number of nitrogens with zero attached hydrogens (tertiary/aromatic N) is 1. The van der Waals surface area contributed by atoms with Gasteiger partial charge in [-0.2, -0.15) is 5.10 Å². The number of nitrogens with one attached hydrogen (secondary N) is 1. The van der Waals surface area contributed by atoms with Gasteiger partial charge in [-0.3, -0.25) is 5.10 Å². The third-order valence-corrected chi connectivity index (χ3v) is 3.41. The summed E-state index contributed by atoms with van der Waals surface area (Å²) < 4.78 is 19.8. The molecule has 0 saturated carbocycles. The molecule has 1 N–H and O–H groups in total. The summed E-state index contributed by atoms with van der Waals surface area (Å²) in [4.78, 5) is 0. The molecule has 0 aliphatic heterocycles. The Hall–Kier alpha value is -2.04. The molecule has 2 aromatic carbocycles. The molecule has 0 fully saturated rings. The number of aromatic amines is 1. The molecule has 0 aliphatic carbocycles. The summed E-state index contributed by atoms with van der Waals surface area (Å²) >= 11 is 11.6.